The number of carbonyl (C=O) groups is 1. The summed E-state index contributed by atoms with van der Waals surface area (Å²) in [7, 11) is 0. The second-order valence-corrected chi connectivity index (χ2v) is 8.14. The van der Waals surface area contributed by atoms with Crippen LogP contribution in [0.1, 0.15) is 28.4 Å². The van der Waals surface area contributed by atoms with Gasteiger partial charge in [-0.05, 0) is 60.4 Å². The lowest BCUT2D eigenvalue weighted by molar-refractivity contribution is -0.137. The highest BCUT2D eigenvalue weighted by molar-refractivity contribution is 5.98. The first-order valence-electron chi connectivity index (χ1n) is 11.2. The van der Waals surface area contributed by atoms with Crippen molar-refractivity contribution in [2.24, 2.45) is 0 Å². The zero-order valence-electron chi connectivity index (χ0n) is 19.0. The highest BCUT2D eigenvalue weighted by Gasteiger charge is 2.30. The maximum atomic E-state index is 13.2. The molecule has 0 fully saturated rings. The molecule has 0 unspecified atom stereocenters. The maximum Gasteiger partial charge on any atom is 0.416 e. The van der Waals surface area contributed by atoms with E-state index in [9.17, 15) is 23.1 Å². The van der Waals surface area contributed by atoms with Gasteiger partial charge >= 0.3 is 6.18 Å². The van der Waals surface area contributed by atoms with Crippen LogP contribution in [0.4, 0.5) is 13.2 Å². The number of para-hydroxylation sites is 1. The largest absolute Gasteiger partial charge is 0.493 e. The van der Waals surface area contributed by atoms with E-state index in [1.54, 1.807) is 25.1 Å². The number of halogens is 3. The molecule has 182 valence electrons. The SMILES string of the molecule is CCOc1ccc(-c2cccc(C(F)(F)F)c2)cc1C(=O)N[C@@H](CO)Cc1c[nH]c2ccccc12. The minimum atomic E-state index is -4.47. The molecule has 35 heavy (non-hydrogen) atoms. The fraction of sp³-hybridized carbons (Fsp3) is 0.222. The third-order valence-electron chi connectivity index (χ3n) is 5.74. The van der Waals surface area contributed by atoms with Gasteiger partial charge in [-0.2, -0.15) is 13.2 Å². The van der Waals surface area contributed by atoms with Crippen LogP contribution in [0.15, 0.2) is 72.9 Å². The van der Waals surface area contributed by atoms with Crippen molar-refractivity contribution >= 4 is 16.8 Å². The summed E-state index contributed by atoms with van der Waals surface area (Å²) in [6, 6.07) is 16.8. The molecule has 8 heteroatoms. The highest BCUT2D eigenvalue weighted by Crippen LogP contribution is 2.33. The topological polar surface area (TPSA) is 74.3 Å². The lowest BCUT2D eigenvalue weighted by Gasteiger charge is -2.18. The molecular formula is C27H25F3N2O3. The van der Waals surface area contributed by atoms with Crippen LogP contribution in [0.3, 0.4) is 0 Å². The number of alkyl halides is 3. The molecule has 4 aromatic rings. The summed E-state index contributed by atoms with van der Waals surface area (Å²) < 4.78 is 45.1. The van der Waals surface area contributed by atoms with E-state index in [4.69, 9.17) is 4.74 Å². The quantitative estimate of drug-likeness (QED) is 0.307. The van der Waals surface area contributed by atoms with Gasteiger partial charge in [0, 0.05) is 17.1 Å². The number of aromatic nitrogens is 1. The van der Waals surface area contributed by atoms with E-state index >= 15 is 0 Å². The molecule has 5 nitrogen and oxygen atoms in total. The van der Waals surface area contributed by atoms with Crippen molar-refractivity contribution < 1.29 is 27.8 Å². The van der Waals surface area contributed by atoms with Crippen LogP contribution in [0, 0.1) is 0 Å². The summed E-state index contributed by atoms with van der Waals surface area (Å²) in [5.74, 6) is -0.175. The molecule has 1 atom stereocenters. The number of aliphatic hydroxyl groups excluding tert-OH is 1. The van der Waals surface area contributed by atoms with E-state index in [-0.39, 0.29) is 12.2 Å². The number of hydrogen-bond acceptors (Lipinski definition) is 3. The van der Waals surface area contributed by atoms with Crippen molar-refractivity contribution in [1.29, 1.82) is 0 Å². The van der Waals surface area contributed by atoms with Crippen molar-refractivity contribution in [3.05, 3.63) is 89.6 Å². The molecular weight excluding hydrogens is 457 g/mol. The Morgan fingerprint density at radius 1 is 1.06 bits per heavy atom. The van der Waals surface area contributed by atoms with Gasteiger partial charge in [0.1, 0.15) is 5.75 Å². The Morgan fingerprint density at radius 3 is 2.57 bits per heavy atom. The number of benzene rings is 3. The maximum absolute atomic E-state index is 13.2. The minimum Gasteiger partial charge on any atom is -0.493 e. The van der Waals surface area contributed by atoms with Crippen LogP contribution < -0.4 is 10.1 Å². The lowest BCUT2D eigenvalue weighted by Crippen LogP contribution is -2.39. The third kappa shape index (κ3) is 5.49. The van der Waals surface area contributed by atoms with E-state index in [1.807, 2.05) is 30.5 Å². The summed E-state index contributed by atoms with van der Waals surface area (Å²) in [6.07, 6.45) is -2.23. The van der Waals surface area contributed by atoms with E-state index in [2.05, 4.69) is 10.3 Å². The molecule has 0 spiro atoms. The van der Waals surface area contributed by atoms with Gasteiger partial charge in [-0.1, -0.05) is 36.4 Å². The Bertz CT molecular complexity index is 1330. The highest BCUT2D eigenvalue weighted by atomic mass is 19.4. The van der Waals surface area contributed by atoms with Crippen molar-refractivity contribution in [2.45, 2.75) is 25.6 Å². The zero-order valence-corrected chi connectivity index (χ0v) is 19.0. The number of aromatic amines is 1. The van der Waals surface area contributed by atoms with Gasteiger partial charge in [0.25, 0.3) is 5.91 Å². The molecule has 1 aromatic heterocycles. The number of hydrogen-bond donors (Lipinski definition) is 3. The summed E-state index contributed by atoms with van der Waals surface area (Å²) in [5, 5.41) is 13.8. The Balaban J connectivity index is 1.61. The number of fused-ring (bicyclic) bond motifs is 1. The average molecular weight is 483 g/mol. The van der Waals surface area contributed by atoms with E-state index < -0.39 is 23.7 Å². The predicted molar refractivity (Wildman–Crippen MR) is 128 cm³/mol. The van der Waals surface area contributed by atoms with E-state index in [1.165, 1.54) is 12.1 Å². The number of aliphatic hydroxyl groups is 1. The first kappa shape index (κ1) is 24.3. The Kier molecular flexibility index (Phi) is 7.12. The van der Waals surface area contributed by atoms with Crippen LogP contribution in [0.5, 0.6) is 5.75 Å². The zero-order chi connectivity index (χ0) is 25.0. The standard InChI is InChI=1S/C27H25F3N2O3/c1-2-35-25-11-10-18(17-6-5-7-20(12-17)27(28,29)30)14-23(25)26(34)32-21(16-33)13-19-15-31-24-9-4-3-8-22(19)24/h3-12,14-15,21,31,33H,2,13,16H2,1H3,(H,32,34)/t21-/m1/s1. The van der Waals surface area contributed by atoms with Crippen molar-refractivity contribution in [3.63, 3.8) is 0 Å². The third-order valence-corrected chi connectivity index (χ3v) is 5.74. The molecule has 3 aromatic carbocycles. The molecule has 0 aliphatic carbocycles. The van der Waals surface area contributed by atoms with Gasteiger partial charge in [0.05, 0.1) is 30.4 Å². The fourth-order valence-corrected chi connectivity index (χ4v) is 4.03. The van der Waals surface area contributed by atoms with E-state index in [0.29, 0.717) is 29.9 Å². The van der Waals surface area contributed by atoms with Crippen molar-refractivity contribution in [2.75, 3.05) is 13.2 Å². The van der Waals surface area contributed by atoms with Gasteiger partial charge in [0.2, 0.25) is 0 Å². The second kappa shape index (κ2) is 10.2. The van der Waals surface area contributed by atoms with Crippen molar-refractivity contribution in [1.82, 2.24) is 10.3 Å². The number of rotatable bonds is 8. The molecule has 0 aliphatic heterocycles. The molecule has 0 saturated heterocycles. The Hall–Kier alpha value is -3.78. The van der Waals surface area contributed by atoms with Gasteiger partial charge in [0.15, 0.2) is 0 Å². The minimum absolute atomic E-state index is 0.180. The molecule has 0 radical (unpaired) electrons. The van der Waals surface area contributed by atoms with Crippen molar-refractivity contribution in [3.8, 4) is 16.9 Å². The van der Waals surface area contributed by atoms with Crippen LogP contribution >= 0.6 is 0 Å². The smallest absolute Gasteiger partial charge is 0.416 e. The Labute approximate surface area is 200 Å². The predicted octanol–water partition coefficient (Wildman–Crippen LogP) is 5.59. The van der Waals surface area contributed by atoms with Crippen LogP contribution in [0.25, 0.3) is 22.0 Å². The summed E-state index contributed by atoms with van der Waals surface area (Å²) in [5.41, 5.74) is 2.09. The number of amides is 1. The summed E-state index contributed by atoms with van der Waals surface area (Å²) in [4.78, 5) is 16.4. The molecule has 3 N–H and O–H groups in total. The average Bonchev–Trinajstić information content (AvgIpc) is 3.26. The molecule has 0 saturated carbocycles. The molecule has 4 rings (SSSR count). The van der Waals surface area contributed by atoms with Gasteiger partial charge in [-0.25, -0.2) is 0 Å². The number of nitrogens with one attached hydrogen (secondary N) is 2. The normalized spacial score (nSPS) is 12.5. The summed E-state index contributed by atoms with van der Waals surface area (Å²) >= 11 is 0. The van der Waals surface area contributed by atoms with E-state index in [0.717, 1.165) is 28.6 Å². The fourth-order valence-electron chi connectivity index (χ4n) is 4.03. The molecule has 0 bridgehead atoms. The first-order chi connectivity index (χ1) is 16.8. The molecule has 1 heterocycles. The summed E-state index contributed by atoms with van der Waals surface area (Å²) in [6.45, 7) is 1.79. The molecule has 1 amide bonds. The molecule has 0 aliphatic rings. The lowest BCUT2D eigenvalue weighted by atomic mass is 9.99. The number of carbonyl (C=O) groups excluding carboxylic acids is 1. The number of H-pyrrole nitrogens is 1. The number of ether oxygens (including phenoxy) is 1. The van der Waals surface area contributed by atoms with Crippen LogP contribution in [0.2, 0.25) is 0 Å². The van der Waals surface area contributed by atoms with Gasteiger partial charge in [-0.3, -0.25) is 4.79 Å². The monoisotopic (exact) mass is 482 g/mol. The second-order valence-electron chi connectivity index (χ2n) is 8.14. The first-order valence-corrected chi connectivity index (χ1v) is 11.2. The van der Waals surface area contributed by atoms with Crippen LogP contribution in [-0.4, -0.2) is 35.3 Å². The Morgan fingerprint density at radius 2 is 1.83 bits per heavy atom. The van der Waals surface area contributed by atoms with Crippen LogP contribution in [-0.2, 0) is 12.6 Å². The van der Waals surface area contributed by atoms with Gasteiger partial charge in [-0.15, -0.1) is 0 Å². The van der Waals surface area contributed by atoms with Gasteiger partial charge < -0.3 is 20.1 Å².